The molecule has 0 unspecified atom stereocenters. The summed E-state index contributed by atoms with van der Waals surface area (Å²) in [6, 6.07) is 4.40. The molecule has 1 amide bonds. The minimum atomic E-state index is -1.07. The van der Waals surface area contributed by atoms with E-state index in [1.54, 1.807) is 6.07 Å². The van der Waals surface area contributed by atoms with Crippen molar-refractivity contribution < 1.29 is 19.4 Å². The van der Waals surface area contributed by atoms with Crippen molar-refractivity contribution in [3.05, 3.63) is 45.4 Å². The number of amides is 1. The van der Waals surface area contributed by atoms with Crippen molar-refractivity contribution in [1.29, 1.82) is 0 Å². The molecule has 2 N–H and O–H groups in total. The third-order valence-corrected chi connectivity index (χ3v) is 3.32. The monoisotopic (exact) mass is 339 g/mol. The van der Waals surface area contributed by atoms with Crippen molar-refractivity contribution in [3.8, 4) is 0 Å². The van der Waals surface area contributed by atoms with E-state index in [-0.39, 0.29) is 11.5 Å². The second-order valence-electron chi connectivity index (χ2n) is 4.42. The minimum Gasteiger partial charge on any atom is -0.478 e. The van der Waals surface area contributed by atoms with Gasteiger partial charge in [-0.25, -0.2) is 4.79 Å². The van der Waals surface area contributed by atoms with E-state index in [4.69, 9.17) is 9.84 Å². The maximum Gasteiger partial charge on any atom is 0.335 e. The predicted octanol–water partition coefficient (Wildman–Crippen LogP) is 2.22. The van der Waals surface area contributed by atoms with Gasteiger partial charge >= 0.3 is 5.97 Å². The molecule has 1 aromatic rings. The normalized spacial score (nSPS) is 14.6. The van der Waals surface area contributed by atoms with Crippen LogP contribution in [0.4, 0.5) is 0 Å². The van der Waals surface area contributed by atoms with Crippen LogP contribution >= 0.6 is 15.9 Å². The van der Waals surface area contributed by atoms with E-state index in [0.717, 1.165) is 12.0 Å². The molecule has 20 heavy (non-hydrogen) atoms. The first kappa shape index (κ1) is 14.7. The number of hydrogen-bond donors (Lipinski definition) is 2. The number of carboxylic acids is 1. The van der Waals surface area contributed by atoms with Gasteiger partial charge in [-0.1, -0.05) is 22.0 Å². The van der Waals surface area contributed by atoms with E-state index in [1.165, 1.54) is 12.1 Å². The highest BCUT2D eigenvalue weighted by Gasteiger charge is 2.12. The van der Waals surface area contributed by atoms with Crippen LogP contribution in [0, 0.1) is 0 Å². The van der Waals surface area contributed by atoms with Crippen LogP contribution in [0.15, 0.2) is 34.3 Å². The minimum absolute atomic E-state index is 0.0738. The summed E-state index contributed by atoms with van der Waals surface area (Å²) < 4.78 is 5.84. The summed E-state index contributed by atoms with van der Waals surface area (Å²) in [6.45, 7) is 1.65. The lowest BCUT2D eigenvalue weighted by Crippen LogP contribution is -2.28. The highest BCUT2D eigenvalue weighted by Crippen LogP contribution is 2.16. The molecule has 5 nitrogen and oxygen atoms in total. The Morgan fingerprint density at radius 3 is 2.70 bits per heavy atom. The molecule has 1 heterocycles. The van der Waals surface area contributed by atoms with Crippen molar-refractivity contribution in [1.82, 2.24) is 5.32 Å². The van der Waals surface area contributed by atoms with Gasteiger partial charge in [0.15, 0.2) is 0 Å². The van der Waals surface area contributed by atoms with Crippen molar-refractivity contribution in [2.75, 3.05) is 19.8 Å². The van der Waals surface area contributed by atoms with Crippen molar-refractivity contribution in [2.45, 2.75) is 6.42 Å². The predicted molar refractivity (Wildman–Crippen MR) is 77.0 cm³/mol. The van der Waals surface area contributed by atoms with E-state index < -0.39 is 5.97 Å². The van der Waals surface area contributed by atoms with Gasteiger partial charge in [-0.2, -0.15) is 0 Å². The number of benzene rings is 1. The van der Waals surface area contributed by atoms with E-state index in [0.29, 0.717) is 29.8 Å². The Morgan fingerprint density at radius 2 is 2.05 bits per heavy atom. The van der Waals surface area contributed by atoms with Crippen LogP contribution in [0.25, 0.3) is 0 Å². The van der Waals surface area contributed by atoms with Gasteiger partial charge in [0, 0.05) is 16.6 Å². The highest BCUT2D eigenvalue weighted by atomic mass is 79.9. The molecule has 0 aromatic heterocycles. The van der Waals surface area contributed by atoms with Gasteiger partial charge < -0.3 is 15.2 Å². The zero-order valence-electron chi connectivity index (χ0n) is 10.7. The lowest BCUT2D eigenvalue weighted by atomic mass is 10.1. The van der Waals surface area contributed by atoms with E-state index in [1.807, 2.05) is 6.08 Å². The summed E-state index contributed by atoms with van der Waals surface area (Å²) >= 11 is 3.20. The molecule has 0 atom stereocenters. The molecule has 0 fully saturated rings. The van der Waals surface area contributed by atoms with Crippen molar-refractivity contribution in [2.24, 2.45) is 0 Å². The SMILES string of the molecule is O=C(O)c1cc(Br)cc(C(=O)NCC2=CCCOC2)c1. The first-order valence-electron chi connectivity index (χ1n) is 6.14. The Kier molecular flexibility index (Phi) is 4.92. The average molecular weight is 340 g/mol. The van der Waals surface area contributed by atoms with Crippen LogP contribution in [0.2, 0.25) is 0 Å². The van der Waals surface area contributed by atoms with Gasteiger partial charge in [0.1, 0.15) is 0 Å². The van der Waals surface area contributed by atoms with Crippen molar-refractivity contribution >= 4 is 27.8 Å². The van der Waals surface area contributed by atoms with Gasteiger partial charge in [0.25, 0.3) is 5.91 Å². The van der Waals surface area contributed by atoms with Crippen LogP contribution in [0.3, 0.4) is 0 Å². The molecular formula is C14H14BrNO4. The highest BCUT2D eigenvalue weighted by molar-refractivity contribution is 9.10. The standard InChI is InChI=1S/C14H14BrNO4/c15-12-5-10(4-11(6-12)14(18)19)13(17)16-7-9-2-1-3-20-8-9/h2,4-6H,1,3,7-8H2,(H,16,17)(H,18,19). The number of carbonyl (C=O) groups excluding carboxylic acids is 1. The Hall–Kier alpha value is -1.66. The fourth-order valence-corrected chi connectivity index (χ4v) is 2.37. The Labute approximate surface area is 124 Å². The van der Waals surface area contributed by atoms with Gasteiger partial charge in [-0.15, -0.1) is 0 Å². The molecule has 1 aliphatic rings. The fourth-order valence-electron chi connectivity index (χ4n) is 1.87. The molecule has 0 spiro atoms. The summed E-state index contributed by atoms with van der Waals surface area (Å²) in [6.07, 6.45) is 2.90. The summed E-state index contributed by atoms with van der Waals surface area (Å²) in [5, 5.41) is 11.7. The summed E-state index contributed by atoms with van der Waals surface area (Å²) in [5.74, 6) is -1.37. The Bertz CT molecular complexity index is 568. The number of carbonyl (C=O) groups is 2. The molecule has 0 saturated heterocycles. The zero-order valence-corrected chi connectivity index (χ0v) is 12.3. The van der Waals surface area contributed by atoms with Crippen LogP contribution in [0.5, 0.6) is 0 Å². The number of aromatic carboxylic acids is 1. The van der Waals surface area contributed by atoms with Gasteiger partial charge in [0.05, 0.1) is 18.8 Å². The number of halogens is 1. The molecule has 1 aliphatic heterocycles. The molecule has 0 bridgehead atoms. The largest absolute Gasteiger partial charge is 0.478 e. The molecule has 6 heteroatoms. The third-order valence-electron chi connectivity index (χ3n) is 2.87. The third kappa shape index (κ3) is 3.91. The molecule has 106 valence electrons. The maximum absolute atomic E-state index is 12.0. The van der Waals surface area contributed by atoms with Gasteiger partial charge in [-0.3, -0.25) is 4.79 Å². The number of carboxylic acid groups (broad SMARTS) is 1. The average Bonchev–Trinajstić information content (AvgIpc) is 2.45. The molecule has 0 saturated carbocycles. The second kappa shape index (κ2) is 6.67. The Morgan fingerprint density at radius 1 is 1.30 bits per heavy atom. The van der Waals surface area contributed by atoms with E-state index in [9.17, 15) is 9.59 Å². The molecular weight excluding hydrogens is 326 g/mol. The zero-order chi connectivity index (χ0) is 14.5. The van der Waals surface area contributed by atoms with Crippen LogP contribution in [-0.2, 0) is 4.74 Å². The lowest BCUT2D eigenvalue weighted by Gasteiger charge is -2.14. The van der Waals surface area contributed by atoms with Crippen LogP contribution in [-0.4, -0.2) is 36.7 Å². The molecule has 2 rings (SSSR count). The first-order chi connectivity index (χ1) is 9.56. The molecule has 0 aliphatic carbocycles. The number of nitrogens with one attached hydrogen (secondary N) is 1. The smallest absolute Gasteiger partial charge is 0.335 e. The maximum atomic E-state index is 12.0. The number of ether oxygens (including phenoxy) is 1. The Balaban J connectivity index is 2.05. The van der Waals surface area contributed by atoms with Gasteiger partial charge in [0.2, 0.25) is 0 Å². The lowest BCUT2D eigenvalue weighted by molar-refractivity contribution is 0.0697. The van der Waals surface area contributed by atoms with E-state index >= 15 is 0 Å². The fraction of sp³-hybridized carbons (Fsp3) is 0.286. The van der Waals surface area contributed by atoms with Crippen molar-refractivity contribution in [3.63, 3.8) is 0 Å². The quantitative estimate of drug-likeness (QED) is 0.824. The summed E-state index contributed by atoms with van der Waals surface area (Å²) in [4.78, 5) is 23.0. The first-order valence-corrected chi connectivity index (χ1v) is 6.93. The summed E-state index contributed by atoms with van der Waals surface area (Å²) in [7, 11) is 0. The topological polar surface area (TPSA) is 75.6 Å². The van der Waals surface area contributed by atoms with Crippen LogP contribution < -0.4 is 5.32 Å². The second-order valence-corrected chi connectivity index (χ2v) is 5.34. The molecule has 0 radical (unpaired) electrons. The van der Waals surface area contributed by atoms with Gasteiger partial charge in [-0.05, 0) is 30.2 Å². The van der Waals surface area contributed by atoms with Crippen LogP contribution in [0.1, 0.15) is 27.1 Å². The number of hydrogen-bond acceptors (Lipinski definition) is 3. The summed E-state index contributed by atoms with van der Waals surface area (Å²) in [5.41, 5.74) is 1.41. The van der Waals surface area contributed by atoms with E-state index in [2.05, 4.69) is 21.2 Å². The number of rotatable bonds is 4. The molecule has 1 aromatic carbocycles.